The van der Waals surface area contributed by atoms with Gasteiger partial charge in [-0.3, -0.25) is 14.4 Å². The van der Waals surface area contributed by atoms with Crippen molar-refractivity contribution in [3.63, 3.8) is 0 Å². The predicted molar refractivity (Wildman–Crippen MR) is 113 cm³/mol. The van der Waals surface area contributed by atoms with Crippen molar-refractivity contribution < 1.29 is 14.4 Å². The molecule has 3 rings (SSSR count). The summed E-state index contributed by atoms with van der Waals surface area (Å²) in [5.74, 6) is -0.647. The lowest BCUT2D eigenvalue weighted by atomic mass is 10.1. The molecule has 0 aliphatic carbocycles. The SMILES string of the molecule is CN(CC(=O)Nc1ccccc1Br)C(=O)c1ccc(Cl)c(N2CCCC2=O)c1. The van der Waals surface area contributed by atoms with Crippen LogP contribution in [0.3, 0.4) is 0 Å². The molecule has 2 aromatic rings. The lowest BCUT2D eigenvalue weighted by molar-refractivity contribution is -0.117. The van der Waals surface area contributed by atoms with Gasteiger partial charge in [-0.05, 0) is 52.7 Å². The van der Waals surface area contributed by atoms with Gasteiger partial charge in [-0.25, -0.2) is 0 Å². The normalized spacial score (nSPS) is 13.5. The summed E-state index contributed by atoms with van der Waals surface area (Å²) in [4.78, 5) is 40.0. The van der Waals surface area contributed by atoms with E-state index in [1.807, 2.05) is 18.2 Å². The number of nitrogens with one attached hydrogen (secondary N) is 1. The summed E-state index contributed by atoms with van der Waals surface area (Å²) in [5.41, 5.74) is 1.53. The van der Waals surface area contributed by atoms with Gasteiger partial charge in [-0.2, -0.15) is 0 Å². The second kappa shape index (κ2) is 8.75. The highest BCUT2D eigenvalue weighted by atomic mass is 79.9. The highest BCUT2D eigenvalue weighted by Gasteiger charge is 2.25. The number of amides is 3. The standard InChI is InChI=1S/C20H19BrClN3O3/c1-24(12-18(26)23-16-6-3-2-5-14(16)21)20(28)13-8-9-15(22)17(11-13)25-10-4-7-19(25)27/h2-3,5-6,8-9,11H,4,7,10,12H2,1H3,(H,23,26). The number of para-hydroxylation sites is 1. The van der Waals surface area contributed by atoms with E-state index < -0.39 is 0 Å². The quantitative estimate of drug-likeness (QED) is 0.729. The number of likely N-dealkylation sites (N-methyl/N-ethyl adjacent to an activating group) is 1. The number of halogens is 2. The first-order chi connectivity index (χ1) is 13.4. The molecule has 2 aromatic carbocycles. The molecule has 6 nitrogen and oxygen atoms in total. The van der Waals surface area contributed by atoms with Crippen LogP contribution in [0.15, 0.2) is 46.9 Å². The Labute approximate surface area is 176 Å². The summed E-state index contributed by atoms with van der Waals surface area (Å²) >= 11 is 9.60. The van der Waals surface area contributed by atoms with Crippen molar-refractivity contribution in [3.8, 4) is 0 Å². The summed E-state index contributed by atoms with van der Waals surface area (Å²) < 4.78 is 0.759. The number of carbonyl (C=O) groups excluding carboxylic acids is 3. The third kappa shape index (κ3) is 4.54. The van der Waals surface area contributed by atoms with E-state index in [2.05, 4.69) is 21.2 Å². The molecule has 28 heavy (non-hydrogen) atoms. The zero-order chi connectivity index (χ0) is 20.3. The Morgan fingerprint density at radius 3 is 2.68 bits per heavy atom. The maximum absolute atomic E-state index is 12.7. The number of nitrogens with zero attached hydrogens (tertiary/aromatic N) is 2. The van der Waals surface area contributed by atoms with Crippen molar-refractivity contribution in [1.82, 2.24) is 4.90 Å². The molecule has 1 heterocycles. The minimum atomic E-state index is -0.327. The maximum Gasteiger partial charge on any atom is 0.254 e. The average molecular weight is 465 g/mol. The Hall–Kier alpha value is -2.38. The summed E-state index contributed by atoms with van der Waals surface area (Å²) in [7, 11) is 1.55. The topological polar surface area (TPSA) is 69.7 Å². The fourth-order valence-electron chi connectivity index (χ4n) is 3.02. The second-order valence-electron chi connectivity index (χ2n) is 6.50. The Morgan fingerprint density at radius 2 is 2.00 bits per heavy atom. The number of hydrogen-bond acceptors (Lipinski definition) is 3. The molecule has 0 saturated carbocycles. The highest BCUT2D eigenvalue weighted by molar-refractivity contribution is 9.10. The minimum absolute atomic E-state index is 0.00679. The third-order valence-corrected chi connectivity index (χ3v) is 5.44. The van der Waals surface area contributed by atoms with Crippen molar-refractivity contribution in [3.05, 3.63) is 57.5 Å². The zero-order valence-electron chi connectivity index (χ0n) is 15.2. The fourth-order valence-corrected chi connectivity index (χ4v) is 3.62. The van der Waals surface area contributed by atoms with Gasteiger partial charge in [0.05, 0.1) is 22.9 Å². The van der Waals surface area contributed by atoms with Crippen LogP contribution >= 0.6 is 27.5 Å². The van der Waals surface area contributed by atoms with E-state index in [1.54, 1.807) is 36.2 Å². The highest BCUT2D eigenvalue weighted by Crippen LogP contribution is 2.30. The zero-order valence-corrected chi connectivity index (χ0v) is 17.6. The van der Waals surface area contributed by atoms with Crippen molar-refractivity contribution >= 4 is 56.6 Å². The molecular formula is C20H19BrClN3O3. The van der Waals surface area contributed by atoms with Crippen LogP contribution in [0.5, 0.6) is 0 Å². The maximum atomic E-state index is 12.7. The summed E-state index contributed by atoms with van der Waals surface area (Å²) in [5, 5.41) is 3.18. The van der Waals surface area contributed by atoms with E-state index in [0.717, 1.165) is 10.9 Å². The number of rotatable bonds is 5. The molecule has 1 N–H and O–H groups in total. The molecule has 0 aromatic heterocycles. The van der Waals surface area contributed by atoms with Crippen LogP contribution in [0.25, 0.3) is 0 Å². The van der Waals surface area contributed by atoms with Crippen LogP contribution in [0.4, 0.5) is 11.4 Å². The van der Waals surface area contributed by atoms with Crippen LogP contribution in [-0.4, -0.2) is 42.8 Å². The van der Waals surface area contributed by atoms with Gasteiger partial charge in [0.15, 0.2) is 0 Å². The first kappa shape index (κ1) is 20.4. The third-order valence-electron chi connectivity index (χ3n) is 4.43. The van der Waals surface area contributed by atoms with E-state index in [-0.39, 0.29) is 24.3 Å². The van der Waals surface area contributed by atoms with Crippen molar-refractivity contribution in [1.29, 1.82) is 0 Å². The summed E-state index contributed by atoms with van der Waals surface area (Å²) in [6.07, 6.45) is 1.24. The Bertz CT molecular complexity index is 935. The van der Waals surface area contributed by atoms with E-state index in [0.29, 0.717) is 34.9 Å². The van der Waals surface area contributed by atoms with E-state index in [1.165, 1.54) is 4.90 Å². The lowest BCUT2D eigenvalue weighted by Gasteiger charge is -2.20. The van der Waals surface area contributed by atoms with Crippen molar-refractivity contribution in [2.24, 2.45) is 0 Å². The molecule has 0 bridgehead atoms. The van der Waals surface area contributed by atoms with Crippen LogP contribution in [0, 0.1) is 0 Å². The van der Waals surface area contributed by atoms with Crippen LogP contribution in [-0.2, 0) is 9.59 Å². The van der Waals surface area contributed by atoms with Gasteiger partial charge in [0.2, 0.25) is 11.8 Å². The molecular weight excluding hydrogens is 446 g/mol. The fraction of sp³-hybridized carbons (Fsp3) is 0.250. The lowest BCUT2D eigenvalue weighted by Crippen LogP contribution is -2.35. The Kier molecular flexibility index (Phi) is 6.36. The largest absolute Gasteiger partial charge is 0.332 e. The molecule has 1 saturated heterocycles. The summed E-state index contributed by atoms with van der Waals surface area (Å²) in [6, 6.07) is 12.0. The molecule has 146 valence electrons. The van der Waals surface area contributed by atoms with Crippen LogP contribution in [0.2, 0.25) is 5.02 Å². The molecule has 8 heteroatoms. The number of carbonyl (C=O) groups is 3. The van der Waals surface area contributed by atoms with Gasteiger partial charge in [-0.15, -0.1) is 0 Å². The molecule has 0 unspecified atom stereocenters. The van der Waals surface area contributed by atoms with Crippen LogP contribution in [0.1, 0.15) is 23.2 Å². The van der Waals surface area contributed by atoms with Gasteiger partial charge >= 0.3 is 0 Å². The molecule has 0 spiro atoms. The number of benzene rings is 2. The van der Waals surface area contributed by atoms with Crippen molar-refractivity contribution in [2.45, 2.75) is 12.8 Å². The molecule has 1 aliphatic rings. The van der Waals surface area contributed by atoms with Gasteiger partial charge < -0.3 is 15.1 Å². The number of anilines is 2. The van der Waals surface area contributed by atoms with Gasteiger partial charge in [0.25, 0.3) is 5.91 Å². The Morgan fingerprint density at radius 1 is 1.25 bits per heavy atom. The van der Waals surface area contributed by atoms with E-state index >= 15 is 0 Å². The summed E-state index contributed by atoms with van der Waals surface area (Å²) in [6.45, 7) is 0.473. The monoisotopic (exact) mass is 463 g/mol. The minimum Gasteiger partial charge on any atom is -0.332 e. The van der Waals surface area contributed by atoms with Crippen molar-refractivity contribution in [2.75, 3.05) is 30.4 Å². The molecule has 0 atom stereocenters. The first-order valence-electron chi connectivity index (χ1n) is 8.76. The molecule has 1 fully saturated rings. The molecule has 0 radical (unpaired) electrons. The van der Waals surface area contributed by atoms with Crippen LogP contribution < -0.4 is 10.2 Å². The number of hydrogen-bond donors (Lipinski definition) is 1. The predicted octanol–water partition coefficient (Wildman–Crippen LogP) is 3.94. The second-order valence-corrected chi connectivity index (χ2v) is 7.77. The molecule has 1 aliphatic heterocycles. The average Bonchev–Trinajstić information content (AvgIpc) is 3.09. The Balaban J connectivity index is 1.70. The smallest absolute Gasteiger partial charge is 0.254 e. The molecule has 3 amide bonds. The first-order valence-corrected chi connectivity index (χ1v) is 9.93. The van der Waals surface area contributed by atoms with E-state index in [9.17, 15) is 14.4 Å². The van der Waals surface area contributed by atoms with Gasteiger partial charge in [-0.1, -0.05) is 23.7 Å². The van der Waals surface area contributed by atoms with E-state index in [4.69, 9.17) is 11.6 Å². The van der Waals surface area contributed by atoms with Gasteiger partial charge in [0.1, 0.15) is 0 Å². The van der Waals surface area contributed by atoms with Gasteiger partial charge in [0, 0.05) is 30.0 Å².